The summed E-state index contributed by atoms with van der Waals surface area (Å²) in [6.07, 6.45) is 0. The first-order valence-electron chi connectivity index (χ1n) is 11.2. The molecule has 3 heterocycles. The molecular weight excluding hydrogens is 462 g/mol. The molecule has 0 aliphatic carbocycles. The van der Waals surface area contributed by atoms with E-state index in [2.05, 4.69) is 10.3 Å². The van der Waals surface area contributed by atoms with Crippen LogP contribution in [0.3, 0.4) is 0 Å². The standard InChI is InChI=1S/C27H21N3O6/c1-32-19-11-7-17(8-12-19)23-15-21(35-28-23)16-30-24-6-4-3-5-22(24)27(26(30)31)34-25(29-36-27)18-9-13-20(33-2)14-10-18/h3-15H,16H2,1-2H3. The molecule has 1 unspecified atom stereocenters. The number of ether oxygens (including phenoxy) is 3. The van der Waals surface area contributed by atoms with Crippen molar-refractivity contribution in [3.63, 3.8) is 0 Å². The van der Waals surface area contributed by atoms with Crippen LogP contribution in [0.5, 0.6) is 11.5 Å². The van der Waals surface area contributed by atoms with E-state index in [-0.39, 0.29) is 12.4 Å². The topological polar surface area (TPSA) is 95.6 Å². The molecule has 2 aliphatic rings. The third-order valence-electron chi connectivity index (χ3n) is 6.17. The van der Waals surface area contributed by atoms with Gasteiger partial charge in [-0.1, -0.05) is 17.3 Å². The third-order valence-corrected chi connectivity index (χ3v) is 6.17. The van der Waals surface area contributed by atoms with Crippen molar-refractivity contribution < 1.29 is 28.4 Å². The number of oxime groups is 1. The number of nitrogens with zero attached hydrogens (tertiary/aromatic N) is 3. The van der Waals surface area contributed by atoms with Gasteiger partial charge in [-0.2, -0.15) is 0 Å². The van der Waals surface area contributed by atoms with Crippen LogP contribution in [-0.4, -0.2) is 31.2 Å². The van der Waals surface area contributed by atoms with Crippen molar-refractivity contribution in [3.8, 4) is 22.8 Å². The Balaban J connectivity index is 1.27. The van der Waals surface area contributed by atoms with E-state index in [1.54, 1.807) is 55.5 Å². The summed E-state index contributed by atoms with van der Waals surface area (Å²) in [4.78, 5) is 21.0. The lowest BCUT2D eigenvalue weighted by molar-refractivity contribution is -0.181. The molecule has 0 bridgehead atoms. The summed E-state index contributed by atoms with van der Waals surface area (Å²) in [5.74, 6) is 0.0603. The number of para-hydroxylation sites is 1. The molecular formula is C27H21N3O6. The highest BCUT2D eigenvalue weighted by Crippen LogP contribution is 2.47. The number of methoxy groups -OCH3 is 2. The molecule has 1 aromatic heterocycles. The molecule has 6 rings (SSSR count). The van der Waals surface area contributed by atoms with Gasteiger partial charge in [0.1, 0.15) is 17.2 Å². The average Bonchev–Trinajstić information content (AvgIpc) is 3.64. The van der Waals surface area contributed by atoms with Gasteiger partial charge in [0.15, 0.2) is 5.76 Å². The van der Waals surface area contributed by atoms with Crippen LogP contribution in [0, 0.1) is 0 Å². The van der Waals surface area contributed by atoms with E-state index in [0.717, 1.165) is 11.3 Å². The summed E-state index contributed by atoms with van der Waals surface area (Å²) in [5.41, 5.74) is 3.40. The van der Waals surface area contributed by atoms with E-state index in [0.29, 0.717) is 34.0 Å². The van der Waals surface area contributed by atoms with Crippen molar-refractivity contribution in [2.24, 2.45) is 5.16 Å². The van der Waals surface area contributed by atoms with E-state index in [1.807, 2.05) is 42.5 Å². The van der Waals surface area contributed by atoms with Gasteiger partial charge in [0.2, 0.25) is 0 Å². The van der Waals surface area contributed by atoms with Crippen LogP contribution in [0.2, 0.25) is 0 Å². The highest BCUT2D eigenvalue weighted by molar-refractivity contribution is 6.09. The van der Waals surface area contributed by atoms with Gasteiger partial charge >= 0.3 is 11.7 Å². The Morgan fingerprint density at radius 3 is 2.25 bits per heavy atom. The van der Waals surface area contributed by atoms with Crippen molar-refractivity contribution in [2.75, 3.05) is 19.1 Å². The van der Waals surface area contributed by atoms with Crippen molar-refractivity contribution >= 4 is 17.5 Å². The van der Waals surface area contributed by atoms with Gasteiger partial charge in [0.25, 0.3) is 5.90 Å². The number of carbonyl (C=O) groups is 1. The van der Waals surface area contributed by atoms with E-state index in [9.17, 15) is 4.79 Å². The number of amides is 1. The minimum Gasteiger partial charge on any atom is -0.497 e. The Hall–Kier alpha value is -4.79. The fourth-order valence-electron chi connectivity index (χ4n) is 4.30. The molecule has 0 saturated heterocycles. The number of carbonyl (C=O) groups excluding carboxylic acids is 1. The van der Waals surface area contributed by atoms with Gasteiger partial charge < -0.3 is 23.6 Å². The van der Waals surface area contributed by atoms with Gasteiger partial charge in [-0.3, -0.25) is 9.69 Å². The Kier molecular flexibility index (Phi) is 5.10. The fourth-order valence-corrected chi connectivity index (χ4v) is 4.30. The van der Waals surface area contributed by atoms with Crippen LogP contribution < -0.4 is 14.4 Å². The molecule has 1 amide bonds. The summed E-state index contributed by atoms with van der Waals surface area (Å²) < 4.78 is 22.1. The minimum absolute atomic E-state index is 0.144. The monoisotopic (exact) mass is 483 g/mol. The molecule has 36 heavy (non-hydrogen) atoms. The van der Waals surface area contributed by atoms with Gasteiger partial charge in [-0.05, 0) is 65.8 Å². The maximum atomic E-state index is 13.7. The molecule has 0 radical (unpaired) electrons. The highest BCUT2D eigenvalue weighted by atomic mass is 16.8. The number of aromatic nitrogens is 1. The predicted molar refractivity (Wildman–Crippen MR) is 130 cm³/mol. The number of rotatable bonds is 6. The normalized spacial score (nSPS) is 18.0. The van der Waals surface area contributed by atoms with Crippen LogP contribution >= 0.6 is 0 Å². The number of fused-ring (bicyclic) bond motifs is 2. The first-order chi connectivity index (χ1) is 17.6. The van der Waals surface area contributed by atoms with Crippen LogP contribution in [0.1, 0.15) is 16.9 Å². The highest BCUT2D eigenvalue weighted by Gasteiger charge is 2.60. The summed E-state index contributed by atoms with van der Waals surface area (Å²) >= 11 is 0. The second-order valence-corrected chi connectivity index (χ2v) is 8.25. The number of anilines is 1. The molecule has 1 atom stereocenters. The quantitative estimate of drug-likeness (QED) is 0.399. The lowest BCUT2D eigenvalue weighted by Gasteiger charge is -2.20. The first kappa shape index (κ1) is 21.7. The summed E-state index contributed by atoms with van der Waals surface area (Å²) in [5, 5.41) is 8.28. The predicted octanol–water partition coefficient (Wildman–Crippen LogP) is 4.47. The largest absolute Gasteiger partial charge is 0.497 e. The van der Waals surface area contributed by atoms with Crippen molar-refractivity contribution in [3.05, 3.63) is 95.7 Å². The zero-order chi connectivity index (χ0) is 24.7. The van der Waals surface area contributed by atoms with Crippen LogP contribution in [-0.2, 0) is 26.7 Å². The minimum atomic E-state index is -1.70. The maximum absolute atomic E-state index is 13.7. The number of hydrogen-bond acceptors (Lipinski definition) is 8. The van der Waals surface area contributed by atoms with E-state index >= 15 is 0 Å². The Bertz CT molecular complexity index is 1460. The van der Waals surface area contributed by atoms with Crippen molar-refractivity contribution in [2.45, 2.75) is 12.3 Å². The molecule has 2 aliphatic heterocycles. The zero-order valence-electron chi connectivity index (χ0n) is 19.5. The van der Waals surface area contributed by atoms with Crippen LogP contribution in [0.15, 0.2) is 88.5 Å². The summed E-state index contributed by atoms with van der Waals surface area (Å²) in [6.45, 7) is 0.144. The summed E-state index contributed by atoms with van der Waals surface area (Å²) in [6, 6.07) is 23.7. The van der Waals surface area contributed by atoms with Crippen molar-refractivity contribution in [1.29, 1.82) is 0 Å². The van der Waals surface area contributed by atoms with Gasteiger partial charge in [0.05, 0.1) is 32.0 Å². The Morgan fingerprint density at radius 2 is 1.56 bits per heavy atom. The lowest BCUT2D eigenvalue weighted by Crippen LogP contribution is -2.41. The molecule has 0 saturated carbocycles. The zero-order valence-corrected chi connectivity index (χ0v) is 19.5. The van der Waals surface area contributed by atoms with Gasteiger partial charge in [-0.25, -0.2) is 0 Å². The molecule has 3 aromatic carbocycles. The lowest BCUT2D eigenvalue weighted by atomic mass is 10.1. The van der Waals surface area contributed by atoms with Gasteiger partial charge in [0, 0.05) is 17.2 Å². The van der Waals surface area contributed by atoms with Crippen LogP contribution in [0.25, 0.3) is 11.3 Å². The average molecular weight is 483 g/mol. The maximum Gasteiger partial charge on any atom is 0.386 e. The van der Waals surface area contributed by atoms with Crippen molar-refractivity contribution in [1.82, 2.24) is 5.16 Å². The molecule has 1 spiro atoms. The smallest absolute Gasteiger partial charge is 0.386 e. The molecule has 0 fully saturated rings. The third kappa shape index (κ3) is 3.44. The first-order valence-corrected chi connectivity index (χ1v) is 11.2. The molecule has 4 aromatic rings. The fraction of sp³-hybridized carbons (Fsp3) is 0.148. The second-order valence-electron chi connectivity index (χ2n) is 8.25. The van der Waals surface area contributed by atoms with Gasteiger partial charge in [-0.15, -0.1) is 0 Å². The Labute approximate surface area is 206 Å². The van der Waals surface area contributed by atoms with E-state index in [1.165, 1.54) is 0 Å². The molecule has 180 valence electrons. The molecule has 9 heteroatoms. The summed E-state index contributed by atoms with van der Waals surface area (Å²) in [7, 11) is 3.21. The molecule has 0 N–H and O–H groups in total. The van der Waals surface area contributed by atoms with E-state index < -0.39 is 11.7 Å². The molecule has 9 nitrogen and oxygen atoms in total. The van der Waals surface area contributed by atoms with E-state index in [4.69, 9.17) is 23.6 Å². The van der Waals surface area contributed by atoms with Crippen LogP contribution in [0.4, 0.5) is 5.69 Å². The SMILES string of the molecule is COc1ccc(C2=NOC3(O2)C(=O)N(Cc2cc(-c4ccc(OC)cc4)no2)c2ccccc23)cc1. The number of benzene rings is 3. The number of hydrogen-bond donors (Lipinski definition) is 0. The second kappa shape index (κ2) is 8.46. The Morgan fingerprint density at radius 1 is 0.889 bits per heavy atom.